The molecule has 0 atom stereocenters. The van der Waals surface area contributed by atoms with Gasteiger partial charge in [0.05, 0.1) is 15.9 Å². The van der Waals surface area contributed by atoms with Gasteiger partial charge in [0.25, 0.3) is 5.91 Å². The molecule has 4 rings (SSSR count). The standard InChI is InChI=1S/C17H14N6OS2/c1-21-6-7-10(16-22-8-4-2-3-5-9(8)25-16)11-12(18)13(15(20)24)26-17(11)23-14(7)19/h2-6H,18H2,1H3,(H2,19,23)(H2,20,24). The Labute approximate surface area is 156 Å². The molecule has 0 aliphatic carbocycles. The number of benzene rings is 1. The predicted molar refractivity (Wildman–Crippen MR) is 109 cm³/mol. The molecule has 9 heteroatoms. The number of para-hydroxylation sites is 1. The van der Waals surface area contributed by atoms with Gasteiger partial charge in [-0.3, -0.25) is 9.79 Å². The molecule has 1 amide bonds. The SMILES string of the molecule is CN=Cc1c(N)nc2sc(C(N)=O)c(N)c2c1-c1nc2ccccc2s1. The molecule has 0 aliphatic heterocycles. The van der Waals surface area contributed by atoms with E-state index < -0.39 is 5.91 Å². The Kier molecular flexibility index (Phi) is 3.82. The normalized spacial score (nSPS) is 11.7. The van der Waals surface area contributed by atoms with Gasteiger partial charge in [-0.2, -0.15) is 0 Å². The van der Waals surface area contributed by atoms with Gasteiger partial charge in [0.2, 0.25) is 0 Å². The highest BCUT2D eigenvalue weighted by atomic mass is 32.1. The molecule has 4 aromatic rings. The molecule has 0 saturated heterocycles. The van der Waals surface area contributed by atoms with Crippen molar-refractivity contribution in [3.63, 3.8) is 0 Å². The van der Waals surface area contributed by atoms with Gasteiger partial charge in [-0.15, -0.1) is 22.7 Å². The van der Waals surface area contributed by atoms with Crippen LogP contribution in [0, 0.1) is 0 Å². The van der Waals surface area contributed by atoms with Crippen LogP contribution in [0.3, 0.4) is 0 Å². The van der Waals surface area contributed by atoms with Crippen LogP contribution in [0.15, 0.2) is 29.3 Å². The number of anilines is 2. The van der Waals surface area contributed by atoms with Crippen LogP contribution in [0.25, 0.3) is 31.0 Å². The lowest BCUT2D eigenvalue weighted by Gasteiger charge is -2.08. The lowest BCUT2D eigenvalue weighted by molar-refractivity contribution is 0.100. The van der Waals surface area contributed by atoms with E-state index in [2.05, 4.69) is 9.98 Å². The number of primary amides is 1. The summed E-state index contributed by atoms with van der Waals surface area (Å²) >= 11 is 2.65. The van der Waals surface area contributed by atoms with Crippen LogP contribution < -0.4 is 17.2 Å². The minimum Gasteiger partial charge on any atom is -0.397 e. The summed E-state index contributed by atoms with van der Waals surface area (Å²) < 4.78 is 1.04. The van der Waals surface area contributed by atoms with Crippen molar-refractivity contribution >= 4 is 66.7 Å². The molecule has 0 aliphatic rings. The smallest absolute Gasteiger partial charge is 0.260 e. The largest absolute Gasteiger partial charge is 0.397 e. The van der Waals surface area contributed by atoms with Crippen molar-refractivity contribution in [2.75, 3.05) is 18.5 Å². The Morgan fingerprint density at radius 1 is 1.19 bits per heavy atom. The fourth-order valence-electron chi connectivity index (χ4n) is 2.83. The van der Waals surface area contributed by atoms with E-state index in [1.165, 1.54) is 11.3 Å². The van der Waals surface area contributed by atoms with Crippen LogP contribution in [-0.4, -0.2) is 29.1 Å². The Morgan fingerprint density at radius 2 is 1.96 bits per heavy atom. The Balaban J connectivity index is 2.16. The molecule has 0 saturated carbocycles. The average molecular weight is 382 g/mol. The van der Waals surface area contributed by atoms with Crippen LogP contribution in [-0.2, 0) is 0 Å². The van der Waals surface area contributed by atoms with Gasteiger partial charge in [0.15, 0.2) is 0 Å². The number of aliphatic imine (C=N–C) groups is 1. The molecule has 0 spiro atoms. The zero-order valence-corrected chi connectivity index (χ0v) is 15.3. The summed E-state index contributed by atoms with van der Waals surface area (Å²) in [5.41, 5.74) is 20.4. The van der Waals surface area contributed by atoms with Gasteiger partial charge < -0.3 is 17.2 Å². The Bertz CT molecular complexity index is 1170. The number of carbonyl (C=O) groups is 1. The van der Waals surface area contributed by atoms with Crippen molar-refractivity contribution < 1.29 is 4.79 Å². The molecule has 0 radical (unpaired) electrons. The third kappa shape index (κ3) is 2.40. The van der Waals surface area contributed by atoms with Crippen LogP contribution in [0.5, 0.6) is 0 Å². The number of fused-ring (bicyclic) bond motifs is 2. The van der Waals surface area contributed by atoms with Crippen molar-refractivity contribution in [2.45, 2.75) is 0 Å². The average Bonchev–Trinajstić information content (AvgIpc) is 3.17. The van der Waals surface area contributed by atoms with Crippen molar-refractivity contribution in [2.24, 2.45) is 10.7 Å². The first kappa shape index (κ1) is 16.4. The van der Waals surface area contributed by atoms with Gasteiger partial charge in [-0.05, 0) is 12.1 Å². The zero-order chi connectivity index (χ0) is 18.4. The summed E-state index contributed by atoms with van der Waals surface area (Å²) in [4.78, 5) is 25.7. The molecule has 130 valence electrons. The summed E-state index contributed by atoms with van der Waals surface area (Å²) in [5, 5.41) is 1.37. The van der Waals surface area contributed by atoms with Crippen molar-refractivity contribution in [3.8, 4) is 10.6 Å². The van der Waals surface area contributed by atoms with E-state index in [9.17, 15) is 4.79 Å². The lowest BCUT2D eigenvalue weighted by atomic mass is 10.1. The van der Waals surface area contributed by atoms with Gasteiger partial charge in [-0.1, -0.05) is 12.1 Å². The highest BCUT2D eigenvalue weighted by Gasteiger charge is 2.24. The number of nitrogens with two attached hydrogens (primary N) is 3. The van der Waals surface area contributed by atoms with E-state index in [1.807, 2.05) is 24.3 Å². The quantitative estimate of drug-likeness (QED) is 0.468. The number of rotatable bonds is 3. The van der Waals surface area contributed by atoms with Crippen molar-refractivity contribution in [1.82, 2.24) is 9.97 Å². The number of thiophene rings is 1. The third-order valence-electron chi connectivity index (χ3n) is 3.93. The monoisotopic (exact) mass is 382 g/mol. The second-order valence-corrected chi connectivity index (χ2v) is 7.58. The number of hydrogen-bond acceptors (Lipinski definition) is 8. The molecule has 0 unspecified atom stereocenters. The lowest BCUT2D eigenvalue weighted by Crippen LogP contribution is -2.10. The summed E-state index contributed by atoms with van der Waals surface area (Å²) in [5.74, 6) is -0.292. The van der Waals surface area contributed by atoms with Crippen LogP contribution in [0.2, 0.25) is 0 Å². The molecular formula is C17H14N6OS2. The maximum atomic E-state index is 11.7. The number of amides is 1. The first-order valence-corrected chi connectivity index (χ1v) is 9.24. The number of hydrogen-bond donors (Lipinski definition) is 3. The predicted octanol–water partition coefficient (Wildman–Crippen LogP) is 2.89. The number of nitrogen functional groups attached to an aromatic ring is 2. The molecule has 6 N–H and O–H groups in total. The Morgan fingerprint density at radius 3 is 2.65 bits per heavy atom. The van der Waals surface area contributed by atoms with E-state index in [0.717, 1.165) is 32.1 Å². The number of carbonyl (C=O) groups excluding carboxylic acids is 1. The zero-order valence-electron chi connectivity index (χ0n) is 13.7. The van der Waals surface area contributed by atoms with E-state index in [4.69, 9.17) is 22.2 Å². The fourth-order valence-corrected chi connectivity index (χ4v) is 4.82. The molecule has 0 fully saturated rings. The third-order valence-corrected chi connectivity index (χ3v) is 6.10. The van der Waals surface area contributed by atoms with Gasteiger partial charge >= 0.3 is 0 Å². The minimum atomic E-state index is -0.593. The van der Waals surface area contributed by atoms with Crippen LogP contribution >= 0.6 is 22.7 Å². The summed E-state index contributed by atoms with van der Waals surface area (Å²) in [6.07, 6.45) is 1.63. The second kappa shape index (κ2) is 6.04. The van der Waals surface area contributed by atoms with Gasteiger partial charge in [0, 0.05) is 29.8 Å². The first-order valence-electron chi connectivity index (χ1n) is 7.60. The molecular weight excluding hydrogens is 368 g/mol. The van der Waals surface area contributed by atoms with E-state index in [1.54, 1.807) is 13.3 Å². The Hall–Kier alpha value is -3.04. The number of thiazole rings is 1. The molecule has 26 heavy (non-hydrogen) atoms. The molecule has 1 aromatic carbocycles. The summed E-state index contributed by atoms with van der Waals surface area (Å²) in [6.45, 7) is 0. The maximum absolute atomic E-state index is 11.7. The fraction of sp³-hybridized carbons (Fsp3) is 0.0588. The van der Waals surface area contributed by atoms with E-state index in [0.29, 0.717) is 27.3 Å². The van der Waals surface area contributed by atoms with Gasteiger partial charge in [0.1, 0.15) is 20.5 Å². The number of aromatic nitrogens is 2. The molecule has 7 nitrogen and oxygen atoms in total. The van der Waals surface area contributed by atoms with Crippen LogP contribution in [0.4, 0.5) is 11.5 Å². The van der Waals surface area contributed by atoms with Crippen molar-refractivity contribution in [1.29, 1.82) is 0 Å². The molecule has 3 heterocycles. The molecule has 0 bridgehead atoms. The number of pyridine rings is 1. The number of nitrogens with zero attached hydrogens (tertiary/aromatic N) is 3. The maximum Gasteiger partial charge on any atom is 0.260 e. The summed E-state index contributed by atoms with van der Waals surface area (Å²) in [7, 11) is 1.65. The highest BCUT2D eigenvalue weighted by Crippen LogP contribution is 2.44. The highest BCUT2D eigenvalue weighted by molar-refractivity contribution is 7.22. The first-order chi connectivity index (χ1) is 12.5. The van der Waals surface area contributed by atoms with E-state index >= 15 is 0 Å². The van der Waals surface area contributed by atoms with Gasteiger partial charge in [-0.25, -0.2) is 9.97 Å². The second-order valence-electron chi connectivity index (χ2n) is 5.55. The van der Waals surface area contributed by atoms with E-state index in [-0.39, 0.29) is 4.88 Å². The summed E-state index contributed by atoms with van der Waals surface area (Å²) in [6, 6.07) is 7.83. The topological polar surface area (TPSA) is 133 Å². The minimum absolute atomic E-state index is 0.264. The molecule has 3 aromatic heterocycles. The van der Waals surface area contributed by atoms with Crippen molar-refractivity contribution in [3.05, 3.63) is 34.7 Å². The van der Waals surface area contributed by atoms with Crippen LogP contribution in [0.1, 0.15) is 15.2 Å².